The maximum atomic E-state index is 12.2. The molecule has 0 radical (unpaired) electrons. The molecular formula is C16H25ClN2O3. The van der Waals surface area contributed by atoms with Gasteiger partial charge in [-0.1, -0.05) is 18.9 Å². The Morgan fingerprint density at radius 2 is 2.00 bits per heavy atom. The van der Waals surface area contributed by atoms with Gasteiger partial charge in [0.05, 0.1) is 19.3 Å². The highest BCUT2D eigenvalue weighted by atomic mass is 35.5. The number of methoxy groups -OCH3 is 1. The van der Waals surface area contributed by atoms with Gasteiger partial charge in [0.1, 0.15) is 0 Å². The Kier molecular flexibility index (Phi) is 6.97. The van der Waals surface area contributed by atoms with Gasteiger partial charge in [0.15, 0.2) is 11.5 Å². The van der Waals surface area contributed by atoms with Crippen LogP contribution in [0.25, 0.3) is 0 Å². The minimum absolute atomic E-state index is 0. The third-order valence-corrected chi connectivity index (χ3v) is 3.93. The van der Waals surface area contributed by atoms with E-state index in [2.05, 4.69) is 5.32 Å². The fourth-order valence-electron chi connectivity index (χ4n) is 2.69. The second-order valence-electron chi connectivity index (χ2n) is 5.46. The molecule has 6 heteroatoms. The van der Waals surface area contributed by atoms with Crippen molar-refractivity contribution >= 4 is 18.3 Å². The largest absolute Gasteiger partial charge is 0.493 e. The smallest absolute Gasteiger partial charge is 0.240 e. The number of rotatable bonds is 6. The normalized spacial score (nSPS) is 15.8. The van der Waals surface area contributed by atoms with E-state index in [0.717, 1.165) is 31.2 Å². The fourth-order valence-corrected chi connectivity index (χ4v) is 2.69. The van der Waals surface area contributed by atoms with Crippen molar-refractivity contribution in [2.45, 2.75) is 44.7 Å². The van der Waals surface area contributed by atoms with Crippen LogP contribution >= 0.6 is 12.4 Å². The summed E-state index contributed by atoms with van der Waals surface area (Å²) in [7, 11) is 1.61. The Hall–Kier alpha value is -1.46. The lowest BCUT2D eigenvalue weighted by Gasteiger charge is -2.22. The predicted octanol–water partition coefficient (Wildman–Crippen LogP) is 2.40. The molecule has 0 aromatic heterocycles. The maximum absolute atomic E-state index is 12.2. The molecule has 1 aliphatic carbocycles. The van der Waals surface area contributed by atoms with Crippen LogP contribution in [0, 0.1) is 0 Å². The first-order chi connectivity index (χ1) is 10.1. The summed E-state index contributed by atoms with van der Waals surface area (Å²) in [6.45, 7) is 2.94. The minimum atomic E-state index is -0.685. The van der Waals surface area contributed by atoms with Crippen molar-refractivity contribution in [1.29, 1.82) is 0 Å². The lowest BCUT2D eigenvalue weighted by molar-refractivity contribution is -0.126. The van der Waals surface area contributed by atoms with Gasteiger partial charge in [0.25, 0.3) is 0 Å². The van der Waals surface area contributed by atoms with Crippen LogP contribution < -0.4 is 20.5 Å². The van der Waals surface area contributed by atoms with Crippen LogP contribution in [0.3, 0.4) is 0 Å². The number of amides is 1. The van der Waals surface area contributed by atoms with Crippen molar-refractivity contribution in [2.75, 3.05) is 13.7 Å². The summed E-state index contributed by atoms with van der Waals surface area (Å²) in [4.78, 5) is 12.2. The average Bonchev–Trinajstić information content (AvgIpc) is 2.93. The molecule has 0 atom stereocenters. The zero-order valence-corrected chi connectivity index (χ0v) is 14.0. The molecule has 1 saturated carbocycles. The van der Waals surface area contributed by atoms with Gasteiger partial charge in [-0.05, 0) is 37.5 Å². The van der Waals surface area contributed by atoms with E-state index in [4.69, 9.17) is 15.2 Å². The number of benzene rings is 1. The average molecular weight is 329 g/mol. The number of nitrogens with two attached hydrogens (primary N) is 1. The zero-order valence-electron chi connectivity index (χ0n) is 13.2. The maximum Gasteiger partial charge on any atom is 0.240 e. The highest BCUT2D eigenvalue weighted by Crippen LogP contribution is 2.29. The molecule has 1 aromatic rings. The number of carbonyl (C=O) groups is 1. The van der Waals surface area contributed by atoms with Gasteiger partial charge in [-0.25, -0.2) is 0 Å². The summed E-state index contributed by atoms with van der Waals surface area (Å²) in [6.07, 6.45) is 3.60. The molecule has 124 valence electrons. The molecule has 5 nitrogen and oxygen atoms in total. The molecule has 0 aliphatic heterocycles. The Morgan fingerprint density at radius 1 is 1.32 bits per heavy atom. The van der Waals surface area contributed by atoms with E-state index in [1.807, 2.05) is 25.1 Å². The molecule has 0 saturated heterocycles. The van der Waals surface area contributed by atoms with Crippen molar-refractivity contribution in [1.82, 2.24) is 5.32 Å². The summed E-state index contributed by atoms with van der Waals surface area (Å²) in [5.74, 6) is 1.32. The van der Waals surface area contributed by atoms with E-state index in [-0.39, 0.29) is 18.3 Å². The van der Waals surface area contributed by atoms with Crippen molar-refractivity contribution < 1.29 is 14.3 Å². The third kappa shape index (κ3) is 4.27. The van der Waals surface area contributed by atoms with Crippen LogP contribution in [0.15, 0.2) is 18.2 Å². The van der Waals surface area contributed by atoms with Crippen molar-refractivity contribution in [3.05, 3.63) is 23.8 Å². The highest BCUT2D eigenvalue weighted by Gasteiger charge is 2.36. The van der Waals surface area contributed by atoms with Gasteiger partial charge in [0.2, 0.25) is 5.91 Å². The molecule has 1 aromatic carbocycles. The van der Waals surface area contributed by atoms with Crippen LogP contribution in [-0.4, -0.2) is 25.2 Å². The van der Waals surface area contributed by atoms with Crippen LogP contribution in [0.5, 0.6) is 11.5 Å². The van der Waals surface area contributed by atoms with E-state index in [0.29, 0.717) is 24.7 Å². The molecule has 1 fully saturated rings. The standard InChI is InChI=1S/C16H24N2O3.ClH/c1-3-21-14-10-12(6-7-13(14)20-2)11-18-15(19)16(17)8-4-5-9-16;/h6-7,10H,3-5,8-9,11,17H2,1-2H3,(H,18,19);1H. The first-order valence-corrected chi connectivity index (χ1v) is 7.46. The topological polar surface area (TPSA) is 73.6 Å². The van der Waals surface area contributed by atoms with Crippen LogP contribution in [0.1, 0.15) is 38.2 Å². The van der Waals surface area contributed by atoms with Gasteiger partial charge in [-0.3, -0.25) is 4.79 Å². The SMILES string of the molecule is CCOc1cc(CNC(=O)C2(N)CCCC2)ccc1OC.Cl. The Balaban J connectivity index is 0.00000242. The number of hydrogen-bond acceptors (Lipinski definition) is 4. The number of carbonyl (C=O) groups excluding carboxylic acids is 1. The summed E-state index contributed by atoms with van der Waals surface area (Å²) in [5.41, 5.74) is 6.41. The summed E-state index contributed by atoms with van der Waals surface area (Å²) < 4.78 is 10.8. The van der Waals surface area contributed by atoms with Crippen LogP contribution in [0.4, 0.5) is 0 Å². The van der Waals surface area contributed by atoms with E-state index in [9.17, 15) is 4.79 Å². The summed E-state index contributed by atoms with van der Waals surface area (Å²) in [5, 5.41) is 2.93. The predicted molar refractivity (Wildman–Crippen MR) is 88.6 cm³/mol. The summed E-state index contributed by atoms with van der Waals surface area (Å²) in [6, 6.07) is 5.65. The molecule has 1 aliphatic rings. The lowest BCUT2D eigenvalue weighted by atomic mass is 9.98. The highest BCUT2D eigenvalue weighted by molar-refractivity contribution is 5.86. The quantitative estimate of drug-likeness (QED) is 0.841. The molecule has 22 heavy (non-hydrogen) atoms. The van der Waals surface area contributed by atoms with E-state index >= 15 is 0 Å². The molecule has 1 amide bonds. The molecular weight excluding hydrogens is 304 g/mol. The van der Waals surface area contributed by atoms with Crippen molar-refractivity contribution in [3.63, 3.8) is 0 Å². The first-order valence-electron chi connectivity index (χ1n) is 7.46. The van der Waals surface area contributed by atoms with Crippen molar-refractivity contribution in [2.24, 2.45) is 5.73 Å². The van der Waals surface area contributed by atoms with E-state index in [1.165, 1.54) is 0 Å². The molecule has 0 spiro atoms. The Labute approximate surface area is 138 Å². The minimum Gasteiger partial charge on any atom is -0.493 e. The molecule has 0 unspecified atom stereocenters. The number of nitrogens with one attached hydrogen (secondary N) is 1. The van der Waals surface area contributed by atoms with Gasteiger partial charge >= 0.3 is 0 Å². The number of hydrogen-bond donors (Lipinski definition) is 2. The number of halogens is 1. The van der Waals surface area contributed by atoms with Crippen molar-refractivity contribution in [3.8, 4) is 11.5 Å². The van der Waals surface area contributed by atoms with Gasteiger partial charge in [-0.2, -0.15) is 0 Å². The van der Waals surface area contributed by atoms with Crippen LogP contribution in [0.2, 0.25) is 0 Å². The summed E-state index contributed by atoms with van der Waals surface area (Å²) >= 11 is 0. The van der Waals surface area contributed by atoms with Gasteiger partial charge < -0.3 is 20.5 Å². The Bertz CT molecular complexity index is 502. The Morgan fingerprint density at radius 3 is 2.59 bits per heavy atom. The van der Waals surface area contributed by atoms with E-state index in [1.54, 1.807) is 7.11 Å². The van der Waals surface area contributed by atoms with Gasteiger partial charge in [0, 0.05) is 6.54 Å². The molecule has 0 heterocycles. The van der Waals surface area contributed by atoms with Crippen LogP contribution in [-0.2, 0) is 11.3 Å². The van der Waals surface area contributed by atoms with Gasteiger partial charge in [-0.15, -0.1) is 12.4 Å². The second kappa shape index (κ2) is 8.25. The van der Waals surface area contributed by atoms with E-state index < -0.39 is 5.54 Å². The molecule has 3 N–H and O–H groups in total. The zero-order chi connectivity index (χ0) is 15.3. The number of ether oxygens (including phenoxy) is 2. The lowest BCUT2D eigenvalue weighted by Crippen LogP contribution is -2.51. The fraction of sp³-hybridized carbons (Fsp3) is 0.562. The monoisotopic (exact) mass is 328 g/mol. The molecule has 0 bridgehead atoms. The first kappa shape index (κ1) is 18.6. The second-order valence-corrected chi connectivity index (χ2v) is 5.46. The molecule has 2 rings (SSSR count). The third-order valence-electron chi connectivity index (χ3n) is 3.93.